The van der Waals surface area contributed by atoms with Gasteiger partial charge in [0.15, 0.2) is 5.82 Å². The summed E-state index contributed by atoms with van der Waals surface area (Å²) in [6.07, 6.45) is 8.57. The highest BCUT2D eigenvalue weighted by Crippen LogP contribution is 2.43. The van der Waals surface area contributed by atoms with Crippen LogP contribution in [0.5, 0.6) is 0 Å². The van der Waals surface area contributed by atoms with Gasteiger partial charge in [-0.1, -0.05) is 29.8 Å². The number of nitrogens with two attached hydrogens (primary N) is 1. The molecular weight excluding hydrogens is 430 g/mol. The van der Waals surface area contributed by atoms with Gasteiger partial charge in [-0.2, -0.15) is 4.98 Å². The molecular formula is C23H26ClN5O3. The maximum Gasteiger partial charge on any atom is 0.404 e. The Bertz CT molecular complexity index is 1060. The van der Waals surface area contributed by atoms with E-state index >= 15 is 0 Å². The number of carbonyl (C=O) groups excluding carboxylic acids is 1. The first-order valence-corrected chi connectivity index (χ1v) is 11.3. The van der Waals surface area contributed by atoms with Crippen molar-refractivity contribution in [2.24, 2.45) is 17.6 Å². The molecule has 0 spiro atoms. The van der Waals surface area contributed by atoms with Gasteiger partial charge >= 0.3 is 6.09 Å². The largest absolute Gasteiger partial charge is 0.444 e. The maximum atomic E-state index is 11.4. The van der Waals surface area contributed by atoms with E-state index in [0.717, 1.165) is 37.8 Å². The third-order valence-electron chi connectivity index (χ3n) is 6.64. The summed E-state index contributed by atoms with van der Waals surface area (Å²) in [7, 11) is 0. The molecule has 3 aliphatic carbocycles. The van der Waals surface area contributed by atoms with Crippen molar-refractivity contribution in [2.75, 3.05) is 10.6 Å². The molecule has 0 radical (unpaired) electrons. The number of primary amides is 1. The average Bonchev–Trinajstić information content (AvgIpc) is 3.30. The van der Waals surface area contributed by atoms with Gasteiger partial charge in [-0.25, -0.2) is 9.78 Å². The lowest BCUT2D eigenvalue weighted by molar-refractivity contribution is 0.0853. The fourth-order valence-corrected chi connectivity index (χ4v) is 5.19. The van der Waals surface area contributed by atoms with Crippen molar-refractivity contribution in [2.45, 2.75) is 50.4 Å². The molecule has 3 aliphatic rings. The van der Waals surface area contributed by atoms with Crippen LogP contribution in [0.15, 0.2) is 36.5 Å². The predicted molar refractivity (Wildman–Crippen MR) is 122 cm³/mol. The zero-order chi connectivity index (χ0) is 22.2. The monoisotopic (exact) mass is 455 g/mol. The molecule has 8 nitrogen and oxygen atoms in total. The van der Waals surface area contributed by atoms with E-state index in [4.69, 9.17) is 22.1 Å². The van der Waals surface area contributed by atoms with Gasteiger partial charge in [0.2, 0.25) is 5.95 Å². The van der Waals surface area contributed by atoms with Crippen LogP contribution in [0.1, 0.15) is 30.4 Å². The Morgan fingerprint density at radius 3 is 2.78 bits per heavy atom. The van der Waals surface area contributed by atoms with Gasteiger partial charge in [0, 0.05) is 17.5 Å². The Morgan fingerprint density at radius 2 is 1.97 bits per heavy atom. The number of aryl methyl sites for hydroxylation is 2. The Morgan fingerprint density at radius 1 is 1.19 bits per heavy atom. The summed E-state index contributed by atoms with van der Waals surface area (Å²) < 4.78 is 5.37. The molecule has 5 rings (SSSR count). The van der Waals surface area contributed by atoms with Crippen LogP contribution in [-0.4, -0.2) is 39.4 Å². The molecule has 1 fully saturated rings. The minimum absolute atomic E-state index is 0.140. The number of hydrogen-bond acceptors (Lipinski definition) is 7. The number of aliphatic hydroxyl groups is 1. The summed E-state index contributed by atoms with van der Waals surface area (Å²) in [5.74, 6) is 1.25. The summed E-state index contributed by atoms with van der Waals surface area (Å²) in [6.45, 7) is 0. The van der Waals surface area contributed by atoms with Crippen LogP contribution >= 0.6 is 11.6 Å². The summed E-state index contributed by atoms with van der Waals surface area (Å²) >= 11 is 6.37. The fourth-order valence-electron chi connectivity index (χ4n) is 5.05. The molecule has 5 atom stereocenters. The van der Waals surface area contributed by atoms with E-state index in [0.29, 0.717) is 16.8 Å². The van der Waals surface area contributed by atoms with E-state index in [1.165, 1.54) is 11.1 Å². The van der Waals surface area contributed by atoms with Crippen molar-refractivity contribution in [3.63, 3.8) is 0 Å². The number of rotatable bonds is 5. The average molecular weight is 456 g/mol. The Labute approximate surface area is 191 Å². The molecule has 5 N–H and O–H groups in total. The number of anilines is 3. The van der Waals surface area contributed by atoms with E-state index in [9.17, 15) is 9.90 Å². The quantitative estimate of drug-likeness (QED) is 0.401. The third kappa shape index (κ3) is 4.25. The number of benzene rings is 1. The molecule has 2 aromatic rings. The van der Waals surface area contributed by atoms with Crippen molar-refractivity contribution >= 4 is 35.1 Å². The number of aromatic nitrogens is 2. The van der Waals surface area contributed by atoms with Crippen LogP contribution < -0.4 is 16.4 Å². The van der Waals surface area contributed by atoms with Crippen LogP contribution in [0, 0.1) is 11.8 Å². The molecule has 1 saturated carbocycles. The molecule has 1 aromatic carbocycles. The van der Waals surface area contributed by atoms with Crippen molar-refractivity contribution < 1.29 is 14.6 Å². The minimum Gasteiger partial charge on any atom is -0.444 e. The smallest absolute Gasteiger partial charge is 0.404 e. The number of carbonyl (C=O) groups is 1. The highest BCUT2D eigenvalue weighted by molar-refractivity contribution is 6.32. The van der Waals surface area contributed by atoms with Gasteiger partial charge in [0.25, 0.3) is 0 Å². The number of amides is 1. The number of hydrogen-bond donors (Lipinski definition) is 4. The summed E-state index contributed by atoms with van der Waals surface area (Å²) in [5.41, 5.74) is 8.67. The molecule has 1 aromatic heterocycles. The number of aliphatic hydroxyl groups excluding tert-OH is 1. The molecule has 32 heavy (non-hydrogen) atoms. The second-order valence-electron chi connectivity index (χ2n) is 8.75. The molecule has 1 amide bonds. The van der Waals surface area contributed by atoms with Crippen LogP contribution in [-0.2, 0) is 17.6 Å². The van der Waals surface area contributed by atoms with E-state index in [1.807, 2.05) is 6.07 Å². The van der Waals surface area contributed by atoms with Gasteiger partial charge in [-0.05, 0) is 55.4 Å². The number of ether oxygens (including phenoxy) is 1. The number of fused-ring (bicyclic) bond motifs is 3. The molecule has 9 heteroatoms. The van der Waals surface area contributed by atoms with Crippen LogP contribution in [0.25, 0.3) is 0 Å². The third-order valence-corrected chi connectivity index (χ3v) is 6.92. The lowest BCUT2D eigenvalue weighted by Crippen LogP contribution is -2.41. The second kappa shape index (κ2) is 8.60. The van der Waals surface area contributed by atoms with Gasteiger partial charge in [-0.3, -0.25) is 0 Å². The van der Waals surface area contributed by atoms with Crippen LogP contribution in [0.3, 0.4) is 0 Å². The van der Waals surface area contributed by atoms with Crippen molar-refractivity contribution in [3.8, 4) is 0 Å². The molecule has 2 bridgehead atoms. The highest BCUT2D eigenvalue weighted by atomic mass is 35.5. The first-order valence-electron chi connectivity index (χ1n) is 11.0. The molecule has 1 heterocycles. The van der Waals surface area contributed by atoms with E-state index in [2.05, 4.69) is 44.9 Å². The van der Waals surface area contributed by atoms with Gasteiger partial charge in [0.05, 0.1) is 18.3 Å². The van der Waals surface area contributed by atoms with Crippen LogP contribution in [0.4, 0.5) is 22.2 Å². The van der Waals surface area contributed by atoms with E-state index in [-0.39, 0.29) is 30.1 Å². The highest BCUT2D eigenvalue weighted by Gasteiger charge is 2.47. The number of halogens is 1. The molecule has 168 valence electrons. The first kappa shape index (κ1) is 21.0. The predicted octanol–water partition coefficient (Wildman–Crippen LogP) is 3.56. The standard InChI is InChI=1S/C23H26ClN5O3/c24-18-11-26-23(27-16-6-3-12-4-7-17(30)8-5-13(12)10-16)29-21(18)28-19-14-1-2-15(9-14)20(19)32-22(25)31/h1-3,6,10-11,14-15,17,19-20,30H,4-5,7-9H2,(H2,25,31)(H2,26,27,28,29)/t14-,15+,17?,19+,20-/m0/s1. The number of nitrogens with one attached hydrogen (secondary N) is 2. The first-order chi connectivity index (χ1) is 15.5. The Hall–Kier alpha value is -2.84. The van der Waals surface area contributed by atoms with Gasteiger partial charge in [-0.15, -0.1) is 0 Å². The lowest BCUT2D eigenvalue weighted by Gasteiger charge is -2.28. The van der Waals surface area contributed by atoms with Gasteiger partial charge < -0.3 is 26.2 Å². The van der Waals surface area contributed by atoms with Crippen molar-refractivity contribution in [1.82, 2.24) is 9.97 Å². The summed E-state index contributed by atoms with van der Waals surface area (Å²) in [5, 5.41) is 16.9. The zero-order valence-corrected chi connectivity index (χ0v) is 18.3. The molecule has 0 saturated heterocycles. The molecule has 0 aliphatic heterocycles. The van der Waals surface area contributed by atoms with Gasteiger partial charge in [0.1, 0.15) is 11.1 Å². The summed E-state index contributed by atoms with van der Waals surface area (Å²) in [4.78, 5) is 20.3. The second-order valence-corrected chi connectivity index (χ2v) is 9.16. The van der Waals surface area contributed by atoms with E-state index < -0.39 is 6.09 Å². The molecule has 1 unspecified atom stereocenters. The topological polar surface area (TPSA) is 122 Å². The van der Waals surface area contributed by atoms with E-state index in [1.54, 1.807) is 6.20 Å². The fraction of sp³-hybridized carbons (Fsp3) is 0.435. The summed E-state index contributed by atoms with van der Waals surface area (Å²) in [6, 6.07) is 6.03. The zero-order valence-electron chi connectivity index (χ0n) is 17.5. The van der Waals surface area contributed by atoms with Crippen molar-refractivity contribution in [3.05, 3.63) is 52.7 Å². The normalized spacial score (nSPS) is 28.1. The minimum atomic E-state index is -0.783. The Balaban J connectivity index is 1.33. The van der Waals surface area contributed by atoms with Crippen LogP contribution in [0.2, 0.25) is 5.02 Å². The van der Waals surface area contributed by atoms with Crippen molar-refractivity contribution in [1.29, 1.82) is 0 Å². The maximum absolute atomic E-state index is 11.4. The Kier molecular flexibility index (Phi) is 5.65. The lowest BCUT2D eigenvalue weighted by atomic mass is 9.98. The SMILES string of the molecule is NC(=O)O[C@@H]1[C@H](Nc2nc(Nc3ccc4c(c3)CCC(O)CC4)ncc2Cl)[C@H]2C=C[C@@H]1C2. The number of nitrogens with zero attached hydrogens (tertiary/aromatic N) is 2.